The van der Waals surface area contributed by atoms with Gasteiger partial charge in [0, 0.05) is 6.61 Å². The Balaban J connectivity index is 3.08. The van der Waals surface area contributed by atoms with Crippen LogP contribution in [-0.2, 0) is 9.53 Å². The topological polar surface area (TPSA) is 38.3 Å². The van der Waals surface area contributed by atoms with Gasteiger partial charge in [-0.3, -0.25) is 8.32 Å². The number of amides is 1. The lowest BCUT2D eigenvalue weighted by Crippen LogP contribution is -2.15. The lowest BCUT2D eigenvalue weighted by atomic mass is 10.2. The van der Waals surface area contributed by atoms with Crippen LogP contribution in [0.25, 0.3) is 0 Å². The Morgan fingerprint density at radius 3 is 2.73 bits per heavy atom. The van der Waals surface area contributed by atoms with Gasteiger partial charge in [0.05, 0.1) is 35.9 Å². The highest BCUT2D eigenvalue weighted by atomic mass is 127. The first-order valence-electron chi connectivity index (χ1n) is 3.64. The molecule has 1 N–H and O–H groups in total. The molecule has 3 nitrogen and oxygen atoms in total. The van der Waals surface area contributed by atoms with Crippen molar-refractivity contribution >= 4 is 28.8 Å². The number of carbonyl (C=O) groups is 1. The summed E-state index contributed by atoms with van der Waals surface area (Å²) in [6, 6.07) is 0. The van der Waals surface area contributed by atoms with Crippen molar-refractivity contribution in [1.29, 1.82) is 0 Å². The van der Waals surface area contributed by atoms with Gasteiger partial charge in [-0.15, -0.1) is 0 Å². The zero-order valence-electron chi connectivity index (χ0n) is 6.89. The summed E-state index contributed by atoms with van der Waals surface area (Å²) < 4.78 is 7.71. The molecule has 0 aliphatic carbocycles. The number of rotatable bonds is 5. The quantitative estimate of drug-likeness (QED) is 0.467. The highest BCUT2D eigenvalue weighted by molar-refractivity contribution is 14.1. The SMILES string of the molecule is CC(C)COCCC(=O)NI. The van der Waals surface area contributed by atoms with Gasteiger partial charge in [0.1, 0.15) is 0 Å². The number of nitrogens with one attached hydrogen (secondary N) is 1. The fourth-order valence-corrected chi connectivity index (χ4v) is 0.801. The van der Waals surface area contributed by atoms with Crippen LogP contribution in [0.15, 0.2) is 0 Å². The van der Waals surface area contributed by atoms with Gasteiger partial charge in [0.25, 0.3) is 0 Å². The predicted molar refractivity (Wildman–Crippen MR) is 52.4 cm³/mol. The van der Waals surface area contributed by atoms with Gasteiger partial charge in [-0.25, -0.2) is 0 Å². The minimum absolute atomic E-state index is 0.0226. The first-order valence-corrected chi connectivity index (χ1v) is 4.72. The van der Waals surface area contributed by atoms with E-state index in [1.165, 1.54) is 0 Å². The van der Waals surface area contributed by atoms with Crippen LogP contribution in [0.4, 0.5) is 0 Å². The predicted octanol–water partition coefficient (Wildman–Crippen LogP) is 1.52. The Hall–Kier alpha value is 0.160. The van der Waals surface area contributed by atoms with Gasteiger partial charge < -0.3 is 4.74 Å². The summed E-state index contributed by atoms with van der Waals surface area (Å²) in [6.45, 7) is 5.42. The number of ether oxygens (including phenoxy) is 1. The fourth-order valence-electron chi connectivity index (χ4n) is 0.531. The zero-order chi connectivity index (χ0) is 8.69. The van der Waals surface area contributed by atoms with E-state index in [1.807, 2.05) is 22.9 Å². The highest BCUT2D eigenvalue weighted by Crippen LogP contribution is 1.93. The molecule has 0 saturated heterocycles. The van der Waals surface area contributed by atoms with Crippen LogP contribution in [0.2, 0.25) is 0 Å². The molecular formula is C7H14INO2. The number of hydrogen-bond acceptors (Lipinski definition) is 2. The Morgan fingerprint density at radius 2 is 2.27 bits per heavy atom. The van der Waals surface area contributed by atoms with Crippen LogP contribution in [0.5, 0.6) is 0 Å². The maximum absolute atomic E-state index is 10.7. The normalized spacial score (nSPS) is 10.2. The molecule has 0 radical (unpaired) electrons. The van der Waals surface area contributed by atoms with Crippen molar-refractivity contribution in [2.24, 2.45) is 5.92 Å². The lowest BCUT2D eigenvalue weighted by Gasteiger charge is -2.04. The van der Waals surface area contributed by atoms with Crippen molar-refractivity contribution in [1.82, 2.24) is 3.53 Å². The first-order chi connectivity index (χ1) is 5.16. The maximum Gasteiger partial charge on any atom is 0.230 e. The molecular weight excluding hydrogens is 257 g/mol. The van der Waals surface area contributed by atoms with Crippen LogP contribution >= 0.6 is 22.9 Å². The fraction of sp³-hybridized carbons (Fsp3) is 0.857. The molecule has 0 aliphatic rings. The summed E-state index contributed by atoms with van der Waals surface area (Å²) in [6.07, 6.45) is 0.454. The average Bonchev–Trinajstić information content (AvgIpc) is 1.97. The van der Waals surface area contributed by atoms with Gasteiger partial charge in [-0.1, -0.05) is 13.8 Å². The van der Waals surface area contributed by atoms with Crippen LogP contribution in [-0.4, -0.2) is 19.1 Å². The third kappa shape index (κ3) is 8.06. The van der Waals surface area contributed by atoms with Crippen LogP contribution in [0, 0.1) is 5.92 Å². The molecule has 0 aromatic rings. The summed E-state index contributed by atoms with van der Waals surface area (Å²) >= 11 is 1.82. The lowest BCUT2D eigenvalue weighted by molar-refractivity contribution is -0.119. The molecule has 1 amide bonds. The second-order valence-electron chi connectivity index (χ2n) is 2.74. The van der Waals surface area contributed by atoms with E-state index in [2.05, 4.69) is 17.4 Å². The minimum Gasteiger partial charge on any atom is -0.381 e. The van der Waals surface area contributed by atoms with Gasteiger partial charge in [0.15, 0.2) is 0 Å². The summed E-state index contributed by atoms with van der Waals surface area (Å²) in [4.78, 5) is 10.7. The Labute approximate surface area is 81.4 Å². The molecule has 4 heteroatoms. The van der Waals surface area contributed by atoms with Crippen molar-refractivity contribution in [3.05, 3.63) is 0 Å². The van der Waals surface area contributed by atoms with Crippen molar-refractivity contribution in [2.75, 3.05) is 13.2 Å². The van der Waals surface area contributed by atoms with E-state index in [1.54, 1.807) is 0 Å². The van der Waals surface area contributed by atoms with E-state index in [-0.39, 0.29) is 5.91 Å². The van der Waals surface area contributed by atoms with Crippen LogP contribution in [0.3, 0.4) is 0 Å². The molecule has 0 atom stereocenters. The third-order valence-electron chi connectivity index (χ3n) is 1.03. The molecule has 0 heterocycles. The van der Waals surface area contributed by atoms with Gasteiger partial charge in [0.2, 0.25) is 5.91 Å². The number of carbonyl (C=O) groups excluding carboxylic acids is 1. The van der Waals surface area contributed by atoms with Crippen molar-refractivity contribution in [3.8, 4) is 0 Å². The van der Waals surface area contributed by atoms with E-state index in [0.717, 1.165) is 6.61 Å². The Kier molecular flexibility index (Phi) is 6.94. The van der Waals surface area contributed by atoms with Crippen molar-refractivity contribution in [3.63, 3.8) is 0 Å². The van der Waals surface area contributed by atoms with E-state index >= 15 is 0 Å². The largest absolute Gasteiger partial charge is 0.381 e. The van der Waals surface area contributed by atoms with Crippen LogP contribution in [0.1, 0.15) is 20.3 Å². The zero-order valence-corrected chi connectivity index (χ0v) is 9.05. The molecule has 0 bridgehead atoms. The number of halogens is 1. The summed E-state index contributed by atoms with van der Waals surface area (Å²) in [7, 11) is 0. The number of hydrogen-bond donors (Lipinski definition) is 1. The van der Waals surface area contributed by atoms with E-state index < -0.39 is 0 Å². The summed E-state index contributed by atoms with van der Waals surface area (Å²) in [5, 5.41) is 0. The molecule has 0 spiro atoms. The smallest absolute Gasteiger partial charge is 0.230 e. The molecule has 66 valence electrons. The van der Waals surface area contributed by atoms with E-state index in [0.29, 0.717) is 18.9 Å². The second-order valence-corrected chi connectivity index (χ2v) is 3.28. The second kappa shape index (κ2) is 6.84. The Morgan fingerprint density at radius 1 is 1.64 bits per heavy atom. The molecule has 0 aliphatic heterocycles. The molecule has 0 fully saturated rings. The monoisotopic (exact) mass is 271 g/mol. The average molecular weight is 271 g/mol. The van der Waals surface area contributed by atoms with Crippen molar-refractivity contribution < 1.29 is 9.53 Å². The van der Waals surface area contributed by atoms with E-state index in [4.69, 9.17) is 4.74 Å². The molecule has 11 heavy (non-hydrogen) atoms. The molecule has 0 aromatic carbocycles. The minimum atomic E-state index is 0.0226. The third-order valence-corrected chi connectivity index (χ3v) is 1.63. The summed E-state index contributed by atoms with van der Waals surface area (Å²) in [5.41, 5.74) is 0. The standard InChI is InChI=1S/C7H14INO2/c1-6(2)5-11-4-3-7(10)9-8/h6H,3-5H2,1-2H3,(H,9,10). The van der Waals surface area contributed by atoms with Crippen LogP contribution < -0.4 is 3.53 Å². The van der Waals surface area contributed by atoms with Gasteiger partial charge in [-0.2, -0.15) is 0 Å². The maximum atomic E-state index is 10.7. The van der Waals surface area contributed by atoms with Gasteiger partial charge >= 0.3 is 0 Å². The molecule has 0 unspecified atom stereocenters. The first kappa shape index (κ1) is 11.2. The Bertz CT molecular complexity index is 117. The highest BCUT2D eigenvalue weighted by Gasteiger charge is 1.98. The molecule has 0 rings (SSSR count). The summed E-state index contributed by atoms with van der Waals surface area (Å²) in [5.74, 6) is 0.562. The van der Waals surface area contributed by atoms with Gasteiger partial charge in [-0.05, 0) is 5.92 Å². The van der Waals surface area contributed by atoms with Crippen molar-refractivity contribution in [2.45, 2.75) is 20.3 Å². The molecule has 0 saturated carbocycles. The molecule has 0 aromatic heterocycles. The van der Waals surface area contributed by atoms with E-state index in [9.17, 15) is 4.79 Å².